The van der Waals surface area contributed by atoms with Gasteiger partial charge >= 0.3 is 0 Å². The van der Waals surface area contributed by atoms with E-state index in [2.05, 4.69) is 4.99 Å². The Kier molecular flexibility index (Phi) is 2.00. The Hall–Kier alpha value is -1.70. The second kappa shape index (κ2) is 3.70. The molecule has 1 aromatic rings. The van der Waals surface area contributed by atoms with Crippen LogP contribution in [0.1, 0.15) is 31.2 Å². The summed E-state index contributed by atoms with van der Waals surface area (Å²) in [5, 5.41) is 24.3. The van der Waals surface area contributed by atoms with E-state index in [0.717, 1.165) is 39.8 Å². The van der Waals surface area contributed by atoms with E-state index in [1.54, 1.807) is 11.8 Å². The van der Waals surface area contributed by atoms with Crippen LogP contribution >= 0.6 is 11.8 Å². The highest BCUT2D eigenvalue weighted by Crippen LogP contribution is 2.60. The summed E-state index contributed by atoms with van der Waals surface area (Å²) in [4.78, 5) is 23.1. The normalized spacial score (nSPS) is 43.5. The van der Waals surface area contributed by atoms with Crippen LogP contribution in [0.5, 0.6) is 5.75 Å². The van der Waals surface area contributed by atoms with Gasteiger partial charge in [-0.05, 0) is 12.0 Å². The van der Waals surface area contributed by atoms with Gasteiger partial charge < -0.3 is 10.2 Å². The number of phenols is 1. The molecule has 25 heavy (non-hydrogen) atoms. The Balaban J connectivity index is 1.76. The summed E-state index contributed by atoms with van der Waals surface area (Å²) < 4.78 is 0. The van der Waals surface area contributed by atoms with Crippen molar-refractivity contribution in [3.05, 3.63) is 16.1 Å². The van der Waals surface area contributed by atoms with Crippen LogP contribution in [-0.2, 0) is 10.2 Å². The molecular weight excluding hydrogens is 338 g/mol. The average molecular weight is 354 g/mol. The summed E-state index contributed by atoms with van der Waals surface area (Å²) in [5.41, 5.74) is 2.21. The monoisotopic (exact) mass is 354 g/mol. The molecule has 7 heteroatoms. The highest BCUT2D eigenvalue weighted by molar-refractivity contribution is 8.00. The summed E-state index contributed by atoms with van der Waals surface area (Å²) >= 11 is 1.75. The van der Waals surface area contributed by atoms with Crippen LogP contribution in [0.15, 0.2) is 9.98 Å². The summed E-state index contributed by atoms with van der Waals surface area (Å²) in [6.07, 6.45) is 4.32. The van der Waals surface area contributed by atoms with Crippen LogP contribution in [0, 0.1) is 0 Å². The van der Waals surface area contributed by atoms with E-state index < -0.39 is 5.72 Å². The van der Waals surface area contributed by atoms with Crippen LogP contribution < -0.4 is 15.5 Å². The van der Waals surface area contributed by atoms with Crippen LogP contribution in [-0.4, -0.2) is 45.1 Å². The van der Waals surface area contributed by atoms with Crippen molar-refractivity contribution in [2.45, 2.75) is 47.4 Å². The Morgan fingerprint density at radius 1 is 1.40 bits per heavy atom. The number of nitrogens with zero attached hydrogens (tertiary/aromatic N) is 2. The fraction of sp³-hybridized carbons (Fsp3) is 0.500. The number of aromatic hydroxyl groups is 1. The van der Waals surface area contributed by atoms with Crippen molar-refractivity contribution in [3.63, 3.8) is 0 Å². The number of rotatable bonds is 0. The number of thioether (sulfide) groups is 1. The largest absolute Gasteiger partial charge is 0.504 e. The van der Waals surface area contributed by atoms with Crippen LogP contribution in [0.2, 0.25) is 0 Å². The second-order valence-corrected chi connectivity index (χ2v) is 9.55. The molecule has 2 unspecified atom stereocenters. The smallest absolute Gasteiger partial charge is 0.265 e. The summed E-state index contributed by atoms with van der Waals surface area (Å²) in [6.45, 7) is 0.685. The van der Waals surface area contributed by atoms with Crippen molar-refractivity contribution in [2.24, 2.45) is 9.98 Å². The first kappa shape index (κ1) is 13.5. The topological polar surface area (TPSA) is 86.7 Å². The predicted octanol–water partition coefficient (Wildman–Crippen LogP) is -1.05. The number of benzene rings is 1. The average Bonchev–Trinajstić information content (AvgIpc) is 3.12. The number of aliphatic hydroxyl groups is 1. The van der Waals surface area contributed by atoms with Gasteiger partial charge in [-0.1, -0.05) is 0 Å². The third-order valence-corrected chi connectivity index (χ3v) is 8.72. The number of hydrogen-bond acceptors (Lipinski definition) is 6. The number of carbonyl (C=O) groups excluding carboxylic acids is 1. The van der Waals surface area contributed by atoms with Crippen molar-refractivity contribution in [1.82, 2.24) is 0 Å². The molecule has 1 aliphatic carbocycles. The van der Waals surface area contributed by atoms with Crippen LogP contribution in [0.3, 0.4) is 0 Å². The van der Waals surface area contributed by atoms with Gasteiger partial charge in [0, 0.05) is 36.1 Å². The molecule has 1 aromatic carbocycles. The first-order valence-corrected chi connectivity index (χ1v) is 9.79. The Morgan fingerprint density at radius 3 is 3.16 bits per heavy atom. The lowest BCUT2D eigenvalue weighted by molar-refractivity contribution is -0.913. The maximum Gasteiger partial charge on any atom is 0.265 e. The van der Waals surface area contributed by atoms with Crippen LogP contribution in [0.4, 0.5) is 11.4 Å². The highest BCUT2D eigenvalue weighted by Gasteiger charge is 2.70. The zero-order valence-corrected chi connectivity index (χ0v) is 14.2. The first-order chi connectivity index (χ1) is 12.0. The first-order valence-electron chi connectivity index (χ1n) is 8.85. The van der Waals surface area contributed by atoms with Gasteiger partial charge in [0.25, 0.3) is 5.72 Å². The Morgan fingerprint density at radius 2 is 2.28 bits per heavy atom. The molecular formula is C18H16N3O3S+. The Bertz CT molecular complexity index is 1100. The van der Waals surface area contributed by atoms with Gasteiger partial charge in [0.1, 0.15) is 16.7 Å². The van der Waals surface area contributed by atoms with E-state index in [1.165, 1.54) is 0 Å². The lowest BCUT2D eigenvalue weighted by Crippen LogP contribution is -3.21. The lowest BCUT2D eigenvalue weighted by atomic mass is 9.59. The maximum atomic E-state index is 13.0. The third-order valence-electron chi connectivity index (χ3n) is 7.19. The standard InChI is InChI=1S/C18H15N3O3S/c22-8-3-9-17-4-10(25-9)20-14-12(17)15-11-7(5-19-13(11)16(14)23)1-2-21(15)18(8,24)6-17/h5,9-10,23-24H,1-4,6H2/p+1/t9?,10-,17-,18-/m0/s1. The molecule has 5 aliphatic heterocycles. The fourth-order valence-corrected chi connectivity index (χ4v) is 7.98. The lowest BCUT2D eigenvalue weighted by Gasteiger charge is -2.53. The summed E-state index contributed by atoms with van der Waals surface area (Å²) in [7, 11) is 0. The number of quaternary nitrogens is 1. The van der Waals surface area contributed by atoms with Gasteiger partial charge in [-0.2, -0.15) is 0 Å². The van der Waals surface area contributed by atoms with Gasteiger partial charge in [-0.15, -0.1) is 11.8 Å². The maximum absolute atomic E-state index is 13.0. The summed E-state index contributed by atoms with van der Waals surface area (Å²) in [6, 6.07) is 0. The third kappa shape index (κ3) is 1.21. The number of hydrogen-bond donors (Lipinski definition) is 3. The van der Waals surface area contributed by atoms with Gasteiger partial charge in [0.05, 0.1) is 22.7 Å². The summed E-state index contributed by atoms with van der Waals surface area (Å²) in [5.74, 6) is 0.156. The van der Waals surface area contributed by atoms with Gasteiger partial charge in [-0.25, -0.2) is 0 Å². The molecule has 5 atom stereocenters. The van der Waals surface area contributed by atoms with Gasteiger partial charge in [0.15, 0.2) is 5.75 Å². The van der Waals surface area contributed by atoms with Crippen molar-refractivity contribution >= 4 is 40.7 Å². The predicted molar refractivity (Wildman–Crippen MR) is 91.2 cm³/mol. The highest BCUT2D eigenvalue weighted by atomic mass is 32.2. The number of phenolic OH excluding ortho intramolecular Hbond substituents is 1. The van der Waals surface area contributed by atoms with E-state index in [1.807, 2.05) is 6.21 Å². The van der Waals surface area contributed by atoms with E-state index in [9.17, 15) is 15.0 Å². The molecule has 0 aromatic heterocycles. The van der Waals surface area contributed by atoms with E-state index >= 15 is 0 Å². The van der Waals surface area contributed by atoms with Crippen molar-refractivity contribution < 1.29 is 19.9 Å². The molecule has 0 radical (unpaired) electrons. The van der Waals surface area contributed by atoms with E-state index in [-0.39, 0.29) is 27.6 Å². The number of aliphatic imine (C=N–C) groups is 1. The number of ketones is 1. The zero-order valence-electron chi connectivity index (χ0n) is 13.4. The van der Waals surface area contributed by atoms with Crippen molar-refractivity contribution in [3.8, 4) is 5.75 Å². The Labute approximate surface area is 147 Å². The minimum Gasteiger partial charge on any atom is -0.504 e. The number of nitrogens with one attached hydrogen (secondary N) is 1. The van der Waals surface area contributed by atoms with E-state index in [0.29, 0.717) is 30.4 Å². The fourth-order valence-electron chi connectivity index (χ4n) is 6.24. The number of carbonyl (C=O) groups is 1. The van der Waals surface area contributed by atoms with Crippen molar-refractivity contribution in [2.75, 3.05) is 6.54 Å². The minimum absolute atomic E-state index is 0.0328. The van der Waals surface area contributed by atoms with Gasteiger partial charge in [-0.3, -0.25) is 19.7 Å². The van der Waals surface area contributed by atoms with Gasteiger partial charge in [0.2, 0.25) is 5.78 Å². The molecule has 6 nitrogen and oxygen atoms in total. The SMILES string of the molecule is O=C1CC2S[C@H]3C[C@]24C[C@@]1(O)[NH+]1CCC2=c5c(c(O)c(c4c51)=N3)N=C2. The molecule has 126 valence electrons. The molecule has 1 saturated carbocycles. The molecule has 0 amide bonds. The van der Waals surface area contributed by atoms with E-state index in [4.69, 9.17) is 4.99 Å². The molecule has 6 aliphatic rings. The number of Topliss-reactive ketones (excluding diaryl/α,β-unsaturated/α-hetero) is 1. The second-order valence-electron chi connectivity index (χ2n) is 8.17. The molecule has 1 spiro atoms. The minimum atomic E-state index is -1.34. The molecule has 5 heterocycles. The van der Waals surface area contributed by atoms with Crippen molar-refractivity contribution in [1.29, 1.82) is 0 Å². The zero-order chi connectivity index (χ0) is 16.7. The molecule has 7 rings (SSSR count). The molecule has 1 saturated heterocycles. The molecule has 3 N–H and O–H groups in total. The molecule has 2 fully saturated rings. The number of fused-ring (bicyclic) bond motifs is 3. The molecule has 3 bridgehead atoms. The van der Waals surface area contributed by atoms with Crippen LogP contribution in [0.25, 0.3) is 5.57 Å². The quantitative estimate of drug-likeness (QED) is 0.519.